The lowest BCUT2D eigenvalue weighted by Crippen LogP contribution is -2.12. The normalized spacial score (nSPS) is 10.7. The number of halogens is 1. The highest BCUT2D eigenvalue weighted by molar-refractivity contribution is 9.10. The number of fused-ring (bicyclic) bond motifs is 1. The Kier molecular flexibility index (Phi) is 2.59. The third-order valence-corrected chi connectivity index (χ3v) is 3.11. The van der Waals surface area contributed by atoms with Crippen molar-refractivity contribution in [1.29, 1.82) is 0 Å². The zero-order chi connectivity index (χ0) is 11.9. The van der Waals surface area contributed by atoms with Crippen LogP contribution in [0.1, 0.15) is 16.2 Å². The summed E-state index contributed by atoms with van der Waals surface area (Å²) in [7, 11) is 1.59. The van der Waals surface area contributed by atoms with E-state index in [1.54, 1.807) is 23.6 Å². The first-order chi connectivity index (χ1) is 7.56. The monoisotopic (exact) mass is 283 g/mol. The summed E-state index contributed by atoms with van der Waals surface area (Å²) < 4.78 is 7.52. The van der Waals surface area contributed by atoms with Gasteiger partial charge < -0.3 is 10.5 Å². The van der Waals surface area contributed by atoms with Gasteiger partial charge in [-0.1, -0.05) is 0 Å². The van der Waals surface area contributed by atoms with Gasteiger partial charge in [-0.25, -0.2) is 4.98 Å². The summed E-state index contributed by atoms with van der Waals surface area (Å²) in [5, 5.41) is 0. The molecule has 0 bridgehead atoms. The fraction of sp³-hybridized carbons (Fsp3) is 0.200. The summed E-state index contributed by atoms with van der Waals surface area (Å²) in [5.41, 5.74) is 6.95. The molecule has 0 unspecified atom stereocenters. The van der Waals surface area contributed by atoms with Gasteiger partial charge in [0, 0.05) is 0 Å². The molecule has 0 aromatic carbocycles. The first kappa shape index (κ1) is 10.9. The Morgan fingerprint density at radius 3 is 2.81 bits per heavy atom. The van der Waals surface area contributed by atoms with Crippen molar-refractivity contribution in [3.63, 3.8) is 0 Å². The average Bonchev–Trinajstić information content (AvgIpc) is 2.57. The lowest BCUT2D eigenvalue weighted by molar-refractivity contribution is 0.0995. The van der Waals surface area contributed by atoms with Gasteiger partial charge in [0.15, 0.2) is 5.69 Å². The summed E-state index contributed by atoms with van der Waals surface area (Å²) in [6.45, 7) is 1.88. The van der Waals surface area contributed by atoms with E-state index in [4.69, 9.17) is 10.5 Å². The largest absolute Gasteiger partial charge is 0.495 e. The average molecular weight is 284 g/mol. The van der Waals surface area contributed by atoms with Crippen molar-refractivity contribution in [3.05, 3.63) is 28.1 Å². The number of nitrogens with zero attached hydrogens (tertiary/aromatic N) is 2. The molecule has 84 valence electrons. The molecule has 0 saturated carbocycles. The minimum Gasteiger partial charge on any atom is -0.495 e. The number of primary amides is 1. The Morgan fingerprint density at radius 1 is 1.56 bits per heavy atom. The summed E-state index contributed by atoms with van der Waals surface area (Å²) >= 11 is 3.31. The van der Waals surface area contributed by atoms with Crippen LogP contribution in [0.5, 0.6) is 5.75 Å². The van der Waals surface area contributed by atoms with Crippen molar-refractivity contribution in [2.75, 3.05) is 7.11 Å². The van der Waals surface area contributed by atoms with Crippen LogP contribution in [-0.2, 0) is 0 Å². The van der Waals surface area contributed by atoms with E-state index in [-0.39, 0.29) is 5.69 Å². The first-order valence-electron chi connectivity index (χ1n) is 4.57. The quantitative estimate of drug-likeness (QED) is 0.908. The Labute approximate surface area is 100 Å². The highest BCUT2D eigenvalue weighted by Gasteiger charge is 2.16. The van der Waals surface area contributed by atoms with Gasteiger partial charge in [-0.15, -0.1) is 0 Å². The van der Waals surface area contributed by atoms with Crippen molar-refractivity contribution in [1.82, 2.24) is 9.38 Å². The van der Waals surface area contributed by atoms with Crippen LogP contribution in [0.15, 0.2) is 16.7 Å². The molecule has 0 radical (unpaired) electrons. The third kappa shape index (κ3) is 1.46. The maximum Gasteiger partial charge on any atom is 0.270 e. The van der Waals surface area contributed by atoms with E-state index < -0.39 is 5.91 Å². The number of methoxy groups -OCH3 is 1. The topological polar surface area (TPSA) is 69.6 Å². The molecule has 0 fully saturated rings. The lowest BCUT2D eigenvalue weighted by Gasteiger charge is -2.07. The van der Waals surface area contributed by atoms with Gasteiger partial charge in [0.05, 0.1) is 12.8 Å². The van der Waals surface area contributed by atoms with E-state index in [0.717, 1.165) is 11.4 Å². The smallest absolute Gasteiger partial charge is 0.270 e. The van der Waals surface area contributed by atoms with Crippen LogP contribution >= 0.6 is 15.9 Å². The van der Waals surface area contributed by atoms with Gasteiger partial charge >= 0.3 is 0 Å². The molecule has 0 saturated heterocycles. The number of hydrogen-bond donors (Lipinski definition) is 1. The van der Waals surface area contributed by atoms with Crippen LogP contribution < -0.4 is 10.5 Å². The van der Waals surface area contributed by atoms with Gasteiger partial charge in [0.1, 0.15) is 16.0 Å². The zero-order valence-electron chi connectivity index (χ0n) is 8.82. The van der Waals surface area contributed by atoms with Crippen molar-refractivity contribution in [2.24, 2.45) is 5.73 Å². The number of carbonyl (C=O) groups excluding carboxylic acids is 1. The molecule has 0 aliphatic rings. The molecule has 2 heterocycles. The Balaban J connectivity index is 2.83. The summed E-state index contributed by atoms with van der Waals surface area (Å²) in [6, 6.07) is 3.57. The number of carbonyl (C=O) groups is 1. The minimum absolute atomic E-state index is 0.219. The predicted molar refractivity (Wildman–Crippen MR) is 62.7 cm³/mol. The van der Waals surface area contributed by atoms with Gasteiger partial charge in [0.25, 0.3) is 5.91 Å². The molecule has 6 heteroatoms. The predicted octanol–water partition coefficient (Wildman–Crippen LogP) is 1.51. The van der Waals surface area contributed by atoms with Crippen molar-refractivity contribution in [3.8, 4) is 5.75 Å². The molecule has 2 N–H and O–H groups in total. The van der Waals surface area contributed by atoms with Crippen LogP contribution in [-0.4, -0.2) is 22.4 Å². The molecular weight excluding hydrogens is 274 g/mol. The van der Waals surface area contributed by atoms with Gasteiger partial charge in [0.2, 0.25) is 0 Å². The number of nitrogens with two attached hydrogens (primary N) is 1. The molecule has 0 aliphatic carbocycles. The van der Waals surface area contributed by atoms with Gasteiger partial charge in [-0.3, -0.25) is 9.20 Å². The minimum atomic E-state index is -0.561. The molecule has 16 heavy (non-hydrogen) atoms. The van der Waals surface area contributed by atoms with Crippen LogP contribution in [0, 0.1) is 6.92 Å². The molecular formula is C10H10BrN3O2. The van der Waals surface area contributed by atoms with Crippen LogP contribution in [0.4, 0.5) is 0 Å². The second-order valence-electron chi connectivity index (χ2n) is 3.30. The van der Waals surface area contributed by atoms with Crippen LogP contribution in [0.3, 0.4) is 0 Å². The number of imidazole rings is 1. The molecule has 0 aliphatic heterocycles. The Morgan fingerprint density at radius 2 is 2.25 bits per heavy atom. The molecule has 1 amide bonds. The Hall–Kier alpha value is -1.56. The fourth-order valence-corrected chi connectivity index (χ4v) is 2.33. The van der Waals surface area contributed by atoms with E-state index >= 15 is 0 Å². The van der Waals surface area contributed by atoms with Crippen LogP contribution in [0.25, 0.3) is 5.65 Å². The van der Waals surface area contributed by atoms with Crippen molar-refractivity contribution < 1.29 is 9.53 Å². The molecule has 0 atom stereocenters. The van der Waals surface area contributed by atoms with E-state index in [2.05, 4.69) is 20.9 Å². The molecule has 5 nitrogen and oxygen atoms in total. The number of hydrogen-bond acceptors (Lipinski definition) is 3. The lowest BCUT2D eigenvalue weighted by atomic mass is 10.3. The first-order valence-corrected chi connectivity index (χ1v) is 5.37. The van der Waals surface area contributed by atoms with E-state index in [0.29, 0.717) is 10.3 Å². The summed E-state index contributed by atoms with van der Waals surface area (Å²) in [5.74, 6) is 0.163. The number of rotatable bonds is 2. The maximum absolute atomic E-state index is 11.1. The summed E-state index contributed by atoms with van der Waals surface area (Å²) in [4.78, 5) is 15.3. The molecule has 0 spiro atoms. The second-order valence-corrected chi connectivity index (χ2v) is 4.05. The highest BCUT2D eigenvalue weighted by atomic mass is 79.9. The standard InChI is InChI=1S/C10H10BrN3O2/c1-5-6(16-2)3-4-7-13-8(10(12)15)9(11)14(5)7/h3-4H,1-2H3,(H2,12,15). The van der Waals surface area contributed by atoms with Crippen molar-refractivity contribution in [2.45, 2.75) is 6.92 Å². The number of aromatic nitrogens is 2. The maximum atomic E-state index is 11.1. The zero-order valence-corrected chi connectivity index (χ0v) is 10.4. The Bertz CT molecular complexity index is 577. The van der Waals surface area contributed by atoms with E-state index in [9.17, 15) is 4.79 Å². The second kappa shape index (κ2) is 3.79. The number of pyridine rings is 1. The highest BCUT2D eigenvalue weighted by Crippen LogP contribution is 2.25. The molecule has 2 aromatic heterocycles. The number of ether oxygens (including phenoxy) is 1. The third-order valence-electron chi connectivity index (χ3n) is 2.38. The van der Waals surface area contributed by atoms with Crippen molar-refractivity contribution >= 4 is 27.5 Å². The fourth-order valence-electron chi connectivity index (χ4n) is 1.60. The van der Waals surface area contributed by atoms with Crippen LogP contribution in [0.2, 0.25) is 0 Å². The van der Waals surface area contributed by atoms with E-state index in [1.807, 2.05) is 6.92 Å². The van der Waals surface area contributed by atoms with Gasteiger partial charge in [-0.2, -0.15) is 0 Å². The van der Waals surface area contributed by atoms with E-state index in [1.165, 1.54) is 0 Å². The SMILES string of the molecule is COc1ccc2nc(C(N)=O)c(Br)n2c1C. The summed E-state index contributed by atoms with van der Waals surface area (Å²) in [6.07, 6.45) is 0. The van der Waals surface area contributed by atoms with Gasteiger partial charge in [-0.05, 0) is 35.0 Å². The molecule has 2 rings (SSSR count). The number of aryl methyl sites for hydroxylation is 1. The molecule has 2 aromatic rings. The number of amides is 1.